The predicted molar refractivity (Wildman–Crippen MR) is 125 cm³/mol. The van der Waals surface area contributed by atoms with Gasteiger partial charge in [0, 0.05) is 36.5 Å². The zero-order chi connectivity index (χ0) is 24.1. The number of hydrogen-bond donors (Lipinski definition) is 2. The summed E-state index contributed by atoms with van der Waals surface area (Å²) in [5, 5.41) is 22.1. The van der Waals surface area contributed by atoms with E-state index in [4.69, 9.17) is 9.84 Å². The molecule has 2 aromatic heterocycles. The van der Waals surface area contributed by atoms with Crippen LogP contribution in [0.2, 0.25) is 0 Å². The molecule has 0 aliphatic rings. The number of ether oxygens (including phenoxy) is 1. The molecule has 8 nitrogen and oxygen atoms in total. The number of nitrogens with one attached hydrogen (secondary N) is 1. The first-order chi connectivity index (χ1) is 16.5. The lowest BCUT2D eigenvalue weighted by Crippen LogP contribution is -2.13. The van der Waals surface area contributed by atoms with Crippen LogP contribution in [0.5, 0.6) is 5.75 Å². The lowest BCUT2D eigenvalue weighted by atomic mass is 10.1. The Morgan fingerprint density at radius 1 is 1.21 bits per heavy atom. The molecule has 4 aromatic rings. The number of aliphatic carboxylic acids is 1. The Morgan fingerprint density at radius 2 is 2.00 bits per heavy atom. The van der Waals surface area contributed by atoms with Crippen molar-refractivity contribution >= 4 is 22.7 Å². The summed E-state index contributed by atoms with van der Waals surface area (Å²) in [6.45, 7) is 0.744. The quantitative estimate of drug-likeness (QED) is 0.385. The van der Waals surface area contributed by atoms with Crippen molar-refractivity contribution in [2.24, 2.45) is 0 Å². The van der Waals surface area contributed by atoms with Crippen LogP contribution in [0.25, 0.3) is 22.2 Å². The SMILES string of the molecule is COc1ccc(F)c2c1cc(C#N)n2CCNc1cc(-c2ccc(CCC(=O)O)cc2)ncn1. The number of benzene rings is 2. The second kappa shape index (κ2) is 10.0. The minimum Gasteiger partial charge on any atom is -0.496 e. The molecule has 9 heteroatoms. The second-order valence-electron chi connectivity index (χ2n) is 7.61. The van der Waals surface area contributed by atoms with E-state index in [-0.39, 0.29) is 6.42 Å². The van der Waals surface area contributed by atoms with Crippen molar-refractivity contribution in [1.29, 1.82) is 5.26 Å². The van der Waals surface area contributed by atoms with E-state index in [1.165, 1.54) is 19.5 Å². The molecule has 0 saturated heterocycles. The van der Waals surface area contributed by atoms with Gasteiger partial charge in [0.2, 0.25) is 0 Å². The van der Waals surface area contributed by atoms with E-state index in [1.54, 1.807) is 22.8 Å². The molecule has 0 bridgehead atoms. The van der Waals surface area contributed by atoms with Crippen molar-refractivity contribution in [3.8, 4) is 23.1 Å². The average Bonchev–Trinajstić information content (AvgIpc) is 3.23. The molecule has 0 saturated carbocycles. The number of hydrogen-bond acceptors (Lipinski definition) is 6. The third-order valence-corrected chi connectivity index (χ3v) is 5.49. The summed E-state index contributed by atoms with van der Waals surface area (Å²) in [7, 11) is 1.51. The summed E-state index contributed by atoms with van der Waals surface area (Å²) in [6.07, 6.45) is 2.01. The summed E-state index contributed by atoms with van der Waals surface area (Å²) in [5.41, 5.74) is 3.19. The van der Waals surface area contributed by atoms with Gasteiger partial charge in [0.1, 0.15) is 35.5 Å². The zero-order valence-corrected chi connectivity index (χ0v) is 18.5. The van der Waals surface area contributed by atoms with Crippen LogP contribution in [-0.4, -0.2) is 39.3 Å². The third-order valence-electron chi connectivity index (χ3n) is 5.49. The number of nitriles is 1. The molecule has 4 rings (SSSR count). The second-order valence-corrected chi connectivity index (χ2v) is 7.61. The van der Waals surface area contributed by atoms with Gasteiger partial charge >= 0.3 is 5.97 Å². The standard InChI is InChI=1S/C25H22FN5O3/c1-34-22-8-7-20(26)25-19(22)12-18(14-27)31(25)11-10-28-23-13-21(29-15-30-23)17-5-2-16(3-6-17)4-9-24(32)33/h2-3,5-8,12-13,15H,4,9-11H2,1H3,(H,32,33)(H,28,29,30). The number of anilines is 1. The van der Waals surface area contributed by atoms with Crippen LogP contribution in [0.1, 0.15) is 17.7 Å². The van der Waals surface area contributed by atoms with Crippen molar-refractivity contribution in [2.75, 3.05) is 19.0 Å². The van der Waals surface area contributed by atoms with E-state index in [9.17, 15) is 14.4 Å². The molecular weight excluding hydrogens is 437 g/mol. The molecule has 0 aliphatic carbocycles. The van der Waals surface area contributed by atoms with Gasteiger partial charge in [-0.15, -0.1) is 0 Å². The minimum atomic E-state index is -0.827. The van der Waals surface area contributed by atoms with Gasteiger partial charge in [-0.3, -0.25) is 4.79 Å². The molecule has 2 heterocycles. The molecular formula is C25H22FN5O3. The highest BCUT2D eigenvalue weighted by Gasteiger charge is 2.16. The van der Waals surface area contributed by atoms with E-state index in [1.807, 2.05) is 24.3 Å². The topological polar surface area (TPSA) is 113 Å². The van der Waals surface area contributed by atoms with Crippen molar-refractivity contribution < 1.29 is 19.0 Å². The van der Waals surface area contributed by atoms with E-state index < -0.39 is 11.8 Å². The first kappa shape index (κ1) is 22.7. The molecule has 0 fully saturated rings. The van der Waals surface area contributed by atoms with Crippen molar-refractivity contribution in [2.45, 2.75) is 19.4 Å². The first-order valence-electron chi connectivity index (χ1n) is 10.6. The van der Waals surface area contributed by atoms with Crippen LogP contribution in [0, 0.1) is 17.1 Å². The fraction of sp³-hybridized carbons (Fsp3) is 0.200. The average molecular weight is 459 g/mol. The minimum absolute atomic E-state index is 0.0851. The number of carboxylic acids is 1. The van der Waals surface area contributed by atoms with Crippen molar-refractivity contribution in [3.05, 3.63) is 71.9 Å². The lowest BCUT2D eigenvalue weighted by molar-refractivity contribution is -0.136. The van der Waals surface area contributed by atoms with Crippen LogP contribution < -0.4 is 10.1 Å². The number of methoxy groups -OCH3 is 1. The van der Waals surface area contributed by atoms with E-state index >= 15 is 0 Å². The van der Waals surface area contributed by atoms with Crippen LogP contribution in [0.4, 0.5) is 10.2 Å². The smallest absolute Gasteiger partial charge is 0.303 e. The van der Waals surface area contributed by atoms with E-state index in [2.05, 4.69) is 21.4 Å². The number of carbonyl (C=O) groups is 1. The number of aromatic nitrogens is 3. The number of carboxylic acid groups (broad SMARTS) is 1. The summed E-state index contributed by atoms with van der Waals surface area (Å²) in [4.78, 5) is 19.3. The van der Waals surface area contributed by atoms with Gasteiger partial charge in [0.05, 0.1) is 18.3 Å². The molecule has 0 aliphatic heterocycles. The summed E-state index contributed by atoms with van der Waals surface area (Å²) >= 11 is 0. The Hall–Kier alpha value is -4.45. The normalized spacial score (nSPS) is 10.7. The van der Waals surface area contributed by atoms with Gasteiger partial charge in [-0.2, -0.15) is 5.26 Å². The Morgan fingerprint density at radius 3 is 2.71 bits per heavy atom. The van der Waals surface area contributed by atoms with E-state index in [0.29, 0.717) is 53.4 Å². The first-order valence-corrected chi connectivity index (χ1v) is 10.6. The molecule has 0 radical (unpaired) electrons. The van der Waals surface area contributed by atoms with Gasteiger partial charge in [0.25, 0.3) is 0 Å². The third kappa shape index (κ3) is 4.81. The van der Waals surface area contributed by atoms with Crippen LogP contribution in [0.15, 0.2) is 54.9 Å². The molecule has 34 heavy (non-hydrogen) atoms. The van der Waals surface area contributed by atoms with Gasteiger partial charge in [-0.05, 0) is 30.2 Å². The Bertz CT molecular complexity index is 1380. The van der Waals surface area contributed by atoms with Crippen LogP contribution in [-0.2, 0) is 17.8 Å². The lowest BCUT2D eigenvalue weighted by Gasteiger charge is -2.11. The maximum atomic E-state index is 14.6. The Labute approximate surface area is 195 Å². The van der Waals surface area contributed by atoms with Crippen LogP contribution >= 0.6 is 0 Å². The maximum Gasteiger partial charge on any atom is 0.303 e. The molecule has 2 N–H and O–H groups in total. The Balaban J connectivity index is 1.48. The predicted octanol–water partition coefficient (Wildman–Crippen LogP) is 4.25. The highest BCUT2D eigenvalue weighted by atomic mass is 19.1. The van der Waals surface area contributed by atoms with Gasteiger partial charge in [-0.1, -0.05) is 24.3 Å². The number of aryl methyl sites for hydroxylation is 1. The Kier molecular flexibility index (Phi) is 6.69. The molecule has 0 unspecified atom stereocenters. The number of halogens is 1. The molecule has 172 valence electrons. The summed E-state index contributed by atoms with van der Waals surface area (Å²) in [6, 6.07) is 16.0. The monoisotopic (exact) mass is 459 g/mol. The molecule has 0 atom stereocenters. The largest absolute Gasteiger partial charge is 0.496 e. The van der Waals surface area contributed by atoms with E-state index in [0.717, 1.165) is 11.1 Å². The van der Waals surface area contributed by atoms with Gasteiger partial charge in [-0.25, -0.2) is 14.4 Å². The fourth-order valence-corrected chi connectivity index (χ4v) is 3.82. The maximum absolute atomic E-state index is 14.6. The van der Waals surface area contributed by atoms with Crippen molar-refractivity contribution in [1.82, 2.24) is 14.5 Å². The summed E-state index contributed by atoms with van der Waals surface area (Å²) < 4.78 is 21.5. The highest BCUT2D eigenvalue weighted by Crippen LogP contribution is 2.31. The number of rotatable bonds is 9. The fourth-order valence-electron chi connectivity index (χ4n) is 3.82. The summed E-state index contributed by atoms with van der Waals surface area (Å²) in [5.74, 6) is -0.150. The van der Waals surface area contributed by atoms with Crippen molar-refractivity contribution in [3.63, 3.8) is 0 Å². The number of nitrogens with zero attached hydrogens (tertiary/aromatic N) is 4. The van der Waals surface area contributed by atoms with Gasteiger partial charge in [0.15, 0.2) is 0 Å². The zero-order valence-electron chi connectivity index (χ0n) is 18.5. The van der Waals surface area contributed by atoms with Crippen LogP contribution in [0.3, 0.4) is 0 Å². The molecule has 0 spiro atoms. The molecule has 0 amide bonds. The number of fused-ring (bicyclic) bond motifs is 1. The molecule has 2 aromatic carbocycles. The van der Waals surface area contributed by atoms with Gasteiger partial charge < -0.3 is 19.7 Å². The highest BCUT2D eigenvalue weighted by molar-refractivity contribution is 5.88.